The topological polar surface area (TPSA) is 95.5 Å². The van der Waals surface area contributed by atoms with Crippen LogP contribution in [0.5, 0.6) is 0 Å². The van der Waals surface area contributed by atoms with Crippen molar-refractivity contribution in [2.45, 2.75) is 4.90 Å². The molecule has 0 aliphatic heterocycles. The summed E-state index contributed by atoms with van der Waals surface area (Å²) in [5.74, 6) is -1.30. The van der Waals surface area contributed by atoms with E-state index >= 15 is 0 Å². The minimum atomic E-state index is -3.91. The molecule has 0 aliphatic rings. The number of rotatable bonds is 5. The van der Waals surface area contributed by atoms with Crippen LogP contribution in [0.2, 0.25) is 5.02 Å². The van der Waals surface area contributed by atoms with Crippen LogP contribution in [0.1, 0.15) is 10.4 Å². The summed E-state index contributed by atoms with van der Waals surface area (Å²) in [6.45, 7) is 0. The molecule has 21 heavy (non-hydrogen) atoms. The highest BCUT2D eigenvalue weighted by Crippen LogP contribution is 2.20. The molecule has 6 nitrogen and oxygen atoms in total. The molecule has 0 saturated carbocycles. The van der Waals surface area contributed by atoms with E-state index in [1.807, 2.05) is 0 Å². The number of benzene rings is 2. The summed E-state index contributed by atoms with van der Waals surface area (Å²) in [4.78, 5) is 12.9. The van der Waals surface area contributed by atoms with Gasteiger partial charge in [-0.3, -0.25) is 0 Å². The molecule has 0 fully saturated rings. The number of carbonyl (C=O) groups is 1. The second kappa shape index (κ2) is 6.13. The van der Waals surface area contributed by atoms with Gasteiger partial charge in [0.25, 0.3) is 10.0 Å². The maximum absolute atomic E-state index is 12.1. The summed E-state index contributed by atoms with van der Waals surface area (Å²) in [5.41, 5.74) is 2.80. The van der Waals surface area contributed by atoms with Crippen LogP contribution in [0.15, 0.2) is 53.4 Å². The Kier molecular flexibility index (Phi) is 4.46. The molecule has 0 saturated heterocycles. The van der Waals surface area contributed by atoms with Crippen LogP contribution in [0.25, 0.3) is 0 Å². The van der Waals surface area contributed by atoms with E-state index in [0.29, 0.717) is 5.69 Å². The summed E-state index contributed by atoms with van der Waals surface area (Å²) in [6.07, 6.45) is 0. The van der Waals surface area contributed by atoms with Gasteiger partial charge in [-0.15, -0.1) is 4.83 Å². The van der Waals surface area contributed by atoms with Gasteiger partial charge in [-0.1, -0.05) is 29.8 Å². The molecule has 0 aromatic heterocycles. The number of nitrogens with one attached hydrogen (secondary N) is 2. The van der Waals surface area contributed by atoms with E-state index in [-0.39, 0.29) is 15.5 Å². The number of para-hydroxylation sites is 1. The van der Waals surface area contributed by atoms with E-state index in [1.165, 1.54) is 12.1 Å². The second-order valence-corrected chi connectivity index (χ2v) is 6.13. The Morgan fingerprint density at radius 3 is 2.38 bits per heavy atom. The monoisotopic (exact) mass is 326 g/mol. The van der Waals surface area contributed by atoms with Crippen LogP contribution in [-0.4, -0.2) is 19.5 Å². The van der Waals surface area contributed by atoms with Gasteiger partial charge in [0, 0.05) is 5.69 Å². The predicted molar refractivity (Wildman–Crippen MR) is 78.8 cm³/mol. The third-order valence-electron chi connectivity index (χ3n) is 2.58. The van der Waals surface area contributed by atoms with Gasteiger partial charge in [-0.2, -0.15) is 0 Å². The van der Waals surface area contributed by atoms with E-state index in [9.17, 15) is 13.2 Å². The number of hydrazine groups is 1. The lowest BCUT2D eigenvalue weighted by Crippen LogP contribution is -2.29. The van der Waals surface area contributed by atoms with E-state index in [0.717, 1.165) is 6.07 Å². The van der Waals surface area contributed by atoms with Gasteiger partial charge >= 0.3 is 5.97 Å². The molecule has 2 aromatic rings. The van der Waals surface area contributed by atoms with Crippen LogP contribution >= 0.6 is 11.6 Å². The number of hydrogen-bond acceptors (Lipinski definition) is 4. The number of sulfonamides is 1. The maximum atomic E-state index is 12.1. The first kappa shape index (κ1) is 15.3. The molecule has 0 amide bonds. The van der Waals surface area contributed by atoms with E-state index < -0.39 is 16.0 Å². The van der Waals surface area contributed by atoms with Gasteiger partial charge in [-0.25, -0.2) is 13.2 Å². The third-order valence-corrected chi connectivity index (χ3v) is 4.16. The standard InChI is InChI=1S/C13H11ClN2O4S/c14-12-7-6-10(8-11(12)13(17)18)21(19,20)16-15-9-4-2-1-3-5-9/h1-8,15-16H,(H,17,18). The highest BCUT2D eigenvalue weighted by molar-refractivity contribution is 7.89. The minimum absolute atomic E-state index is 0.0301. The quantitative estimate of drug-likeness (QED) is 0.733. The van der Waals surface area contributed by atoms with Gasteiger partial charge < -0.3 is 10.5 Å². The molecular weight excluding hydrogens is 316 g/mol. The van der Waals surface area contributed by atoms with Crippen molar-refractivity contribution in [1.82, 2.24) is 4.83 Å². The zero-order valence-corrected chi connectivity index (χ0v) is 12.1. The first-order valence-corrected chi connectivity index (χ1v) is 7.62. The maximum Gasteiger partial charge on any atom is 0.337 e. The summed E-state index contributed by atoms with van der Waals surface area (Å²) >= 11 is 5.70. The van der Waals surface area contributed by atoms with E-state index in [4.69, 9.17) is 16.7 Å². The summed E-state index contributed by atoms with van der Waals surface area (Å²) in [6, 6.07) is 12.1. The minimum Gasteiger partial charge on any atom is -0.478 e. The van der Waals surface area contributed by atoms with Crippen molar-refractivity contribution in [3.8, 4) is 0 Å². The normalized spacial score (nSPS) is 11.1. The highest BCUT2D eigenvalue weighted by Gasteiger charge is 2.18. The molecule has 0 heterocycles. The highest BCUT2D eigenvalue weighted by atomic mass is 35.5. The lowest BCUT2D eigenvalue weighted by atomic mass is 10.2. The Morgan fingerprint density at radius 1 is 1.10 bits per heavy atom. The zero-order valence-electron chi connectivity index (χ0n) is 10.6. The molecule has 0 aliphatic carbocycles. The lowest BCUT2D eigenvalue weighted by Gasteiger charge is -2.10. The Balaban J connectivity index is 2.24. The first-order chi connectivity index (χ1) is 9.90. The average Bonchev–Trinajstić information content (AvgIpc) is 2.46. The van der Waals surface area contributed by atoms with Crippen LogP contribution in [0.3, 0.4) is 0 Å². The number of anilines is 1. The SMILES string of the molecule is O=C(O)c1cc(S(=O)(=O)NNc2ccccc2)ccc1Cl. The van der Waals surface area contributed by atoms with Crippen LogP contribution < -0.4 is 10.3 Å². The van der Waals surface area contributed by atoms with E-state index in [2.05, 4.69) is 10.3 Å². The number of aromatic carboxylic acids is 1. The molecule has 110 valence electrons. The Morgan fingerprint density at radius 2 is 1.76 bits per heavy atom. The fourth-order valence-electron chi connectivity index (χ4n) is 1.54. The molecule has 3 N–H and O–H groups in total. The van der Waals surface area contributed by atoms with Gasteiger partial charge in [0.2, 0.25) is 0 Å². The first-order valence-electron chi connectivity index (χ1n) is 5.76. The Bertz CT molecular complexity index is 763. The predicted octanol–water partition coefficient (Wildman–Crippen LogP) is 2.34. The van der Waals surface area contributed by atoms with Crippen molar-refractivity contribution >= 4 is 33.3 Å². The summed E-state index contributed by atoms with van der Waals surface area (Å²) in [7, 11) is -3.91. The third kappa shape index (κ3) is 3.72. The fourth-order valence-corrected chi connectivity index (χ4v) is 2.63. The zero-order chi connectivity index (χ0) is 15.5. The van der Waals surface area contributed by atoms with Crippen molar-refractivity contribution in [2.75, 3.05) is 5.43 Å². The number of hydrogen-bond donors (Lipinski definition) is 3. The number of halogens is 1. The number of carboxylic acids is 1. The smallest absolute Gasteiger partial charge is 0.337 e. The van der Waals surface area contributed by atoms with Crippen LogP contribution in [0.4, 0.5) is 5.69 Å². The Hall–Kier alpha value is -2.09. The summed E-state index contributed by atoms with van der Waals surface area (Å²) in [5, 5.41) is 8.92. The van der Waals surface area contributed by atoms with Crippen molar-refractivity contribution in [3.05, 3.63) is 59.1 Å². The summed E-state index contributed by atoms with van der Waals surface area (Å²) < 4.78 is 24.2. The molecule has 2 aromatic carbocycles. The largest absolute Gasteiger partial charge is 0.478 e. The molecule has 0 bridgehead atoms. The molecule has 2 rings (SSSR count). The Labute approximate surface area is 126 Å². The van der Waals surface area contributed by atoms with Crippen LogP contribution in [0, 0.1) is 0 Å². The van der Waals surface area contributed by atoms with Gasteiger partial charge in [0.05, 0.1) is 15.5 Å². The van der Waals surface area contributed by atoms with Crippen LogP contribution in [-0.2, 0) is 10.0 Å². The molecule has 0 atom stereocenters. The molecular formula is C13H11ClN2O4S. The number of carboxylic acid groups (broad SMARTS) is 1. The molecule has 0 unspecified atom stereocenters. The lowest BCUT2D eigenvalue weighted by molar-refractivity contribution is 0.0697. The van der Waals surface area contributed by atoms with Gasteiger partial charge in [-0.05, 0) is 30.3 Å². The molecule has 8 heteroatoms. The van der Waals surface area contributed by atoms with E-state index in [1.54, 1.807) is 30.3 Å². The fraction of sp³-hybridized carbons (Fsp3) is 0. The van der Waals surface area contributed by atoms with Crippen molar-refractivity contribution in [3.63, 3.8) is 0 Å². The average molecular weight is 327 g/mol. The van der Waals surface area contributed by atoms with Crippen molar-refractivity contribution in [2.24, 2.45) is 0 Å². The van der Waals surface area contributed by atoms with Crippen molar-refractivity contribution in [1.29, 1.82) is 0 Å². The van der Waals surface area contributed by atoms with Crippen molar-refractivity contribution < 1.29 is 18.3 Å². The molecule has 0 spiro atoms. The molecule has 0 radical (unpaired) electrons. The second-order valence-electron chi connectivity index (χ2n) is 4.04. The van der Waals surface area contributed by atoms with Gasteiger partial charge in [0.15, 0.2) is 0 Å². The van der Waals surface area contributed by atoms with Gasteiger partial charge in [0.1, 0.15) is 0 Å².